The van der Waals surface area contributed by atoms with E-state index in [0.29, 0.717) is 11.9 Å². The Bertz CT molecular complexity index is 597. The number of nitrogens with one attached hydrogen (secondary N) is 1. The van der Waals surface area contributed by atoms with E-state index >= 15 is 0 Å². The molecule has 22 heavy (non-hydrogen) atoms. The summed E-state index contributed by atoms with van der Waals surface area (Å²) in [6.07, 6.45) is 2.38. The van der Waals surface area contributed by atoms with Gasteiger partial charge in [-0.1, -0.05) is 30.3 Å². The second-order valence-corrected chi connectivity index (χ2v) is 5.74. The Morgan fingerprint density at radius 3 is 2.86 bits per heavy atom. The fraction of sp³-hybridized carbons (Fsp3) is 0.412. The van der Waals surface area contributed by atoms with Crippen molar-refractivity contribution < 1.29 is 4.74 Å². The highest BCUT2D eigenvalue weighted by molar-refractivity contribution is 5.40. The van der Waals surface area contributed by atoms with Crippen LogP contribution in [0, 0.1) is 12.8 Å². The second kappa shape index (κ2) is 6.75. The fourth-order valence-electron chi connectivity index (χ4n) is 2.98. The monoisotopic (exact) mass is 298 g/mol. The maximum atomic E-state index is 6.02. The first-order chi connectivity index (χ1) is 10.7. The molecule has 0 unspecified atom stereocenters. The first-order valence-electron chi connectivity index (χ1n) is 7.74. The first kappa shape index (κ1) is 14.8. The molecule has 0 spiro atoms. The lowest BCUT2D eigenvalue weighted by Gasteiger charge is -2.32. The molecule has 0 saturated carbocycles. The molecule has 0 radical (unpaired) electrons. The molecular weight excluding hydrogens is 276 g/mol. The van der Waals surface area contributed by atoms with Gasteiger partial charge in [0.15, 0.2) is 0 Å². The average Bonchev–Trinajstić information content (AvgIpc) is 2.53. The molecule has 1 fully saturated rings. The summed E-state index contributed by atoms with van der Waals surface area (Å²) in [5.41, 5.74) is 7.81. The summed E-state index contributed by atoms with van der Waals surface area (Å²) in [6, 6.07) is 12.3. The Balaban J connectivity index is 1.69. The highest BCUT2D eigenvalue weighted by Crippen LogP contribution is 2.33. The van der Waals surface area contributed by atoms with E-state index in [2.05, 4.69) is 39.6 Å². The number of anilines is 2. The Morgan fingerprint density at radius 2 is 2.09 bits per heavy atom. The summed E-state index contributed by atoms with van der Waals surface area (Å²) in [4.78, 5) is 8.32. The molecule has 2 heterocycles. The zero-order valence-electron chi connectivity index (χ0n) is 12.8. The minimum Gasteiger partial charge on any atom is -0.373 e. The second-order valence-electron chi connectivity index (χ2n) is 5.74. The van der Waals surface area contributed by atoms with Gasteiger partial charge in [-0.3, -0.25) is 0 Å². The zero-order chi connectivity index (χ0) is 15.4. The number of ether oxygens (including phenoxy) is 1. The summed E-state index contributed by atoms with van der Waals surface area (Å²) in [5, 5.41) is 3.38. The minimum atomic E-state index is 0.141. The third kappa shape index (κ3) is 3.54. The van der Waals surface area contributed by atoms with Crippen LogP contribution in [-0.4, -0.2) is 23.1 Å². The molecule has 5 heteroatoms. The van der Waals surface area contributed by atoms with Crippen molar-refractivity contribution in [1.82, 2.24) is 9.97 Å². The largest absolute Gasteiger partial charge is 0.373 e. The minimum absolute atomic E-state index is 0.141. The van der Waals surface area contributed by atoms with Crippen molar-refractivity contribution in [2.24, 2.45) is 5.92 Å². The normalized spacial score (nSPS) is 21.5. The van der Waals surface area contributed by atoms with Crippen LogP contribution < -0.4 is 11.1 Å². The van der Waals surface area contributed by atoms with Gasteiger partial charge in [0.1, 0.15) is 5.82 Å². The van der Waals surface area contributed by atoms with Crippen LogP contribution in [-0.2, 0) is 4.74 Å². The van der Waals surface area contributed by atoms with Crippen LogP contribution in [0.25, 0.3) is 0 Å². The Hall–Kier alpha value is -2.14. The molecule has 0 amide bonds. The lowest BCUT2D eigenvalue weighted by molar-refractivity contribution is -0.0238. The number of nitrogens with two attached hydrogens (primary N) is 1. The third-order valence-corrected chi connectivity index (χ3v) is 3.99. The van der Waals surface area contributed by atoms with E-state index in [9.17, 15) is 0 Å². The first-order valence-corrected chi connectivity index (χ1v) is 7.74. The molecule has 2 aromatic rings. The molecule has 1 saturated heterocycles. The standard InChI is InChI=1S/C17H22N4O/c1-12-10-15(21-17(18)20-12)19-11-14-8-5-9-22-16(14)13-6-3-2-4-7-13/h2-4,6-7,10,14,16H,5,8-9,11H2,1H3,(H3,18,19,20,21)/t14-,16-/m1/s1. The molecule has 2 atom stereocenters. The van der Waals surface area contributed by atoms with Crippen molar-refractivity contribution in [3.8, 4) is 0 Å². The number of nitrogen functional groups attached to an aromatic ring is 1. The van der Waals surface area contributed by atoms with Crippen LogP contribution in [0.15, 0.2) is 36.4 Å². The van der Waals surface area contributed by atoms with Crippen molar-refractivity contribution >= 4 is 11.8 Å². The number of aryl methyl sites for hydroxylation is 1. The molecule has 5 nitrogen and oxygen atoms in total. The van der Waals surface area contributed by atoms with Gasteiger partial charge in [0.2, 0.25) is 5.95 Å². The van der Waals surface area contributed by atoms with E-state index in [1.165, 1.54) is 5.56 Å². The number of hydrogen-bond acceptors (Lipinski definition) is 5. The highest BCUT2D eigenvalue weighted by atomic mass is 16.5. The number of rotatable bonds is 4. The van der Waals surface area contributed by atoms with Crippen molar-refractivity contribution in [3.05, 3.63) is 47.7 Å². The van der Waals surface area contributed by atoms with Gasteiger partial charge in [0.25, 0.3) is 0 Å². The van der Waals surface area contributed by atoms with Crippen LogP contribution >= 0.6 is 0 Å². The fourth-order valence-corrected chi connectivity index (χ4v) is 2.98. The lowest BCUT2D eigenvalue weighted by Crippen LogP contribution is -2.28. The Kier molecular flexibility index (Phi) is 4.53. The van der Waals surface area contributed by atoms with Gasteiger partial charge in [-0.05, 0) is 25.3 Å². The van der Waals surface area contributed by atoms with Gasteiger partial charge in [-0.2, -0.15) is 4.98 Å². The van der Waals surface area contributed by atoms with Crippen LogP contribution in [0.3, 0.4) is 0 Å². The topological polar surface area (TPSA) is 73.1 Å². The molecule has 0 aliphatic carbocycles. The Labute approximate surface area is 130 Å². The van der Waals surface area contributed by atoms with Gasteiger partial charge in [0, 0.05) is 30.8 Å². The predicted molar refractivity (Wildman–Crippen MR) is 87.5 cm³/mol. The van der Waals surface area contributed by atoms with Gasteiger partial charge in [-0.25, -0.2) is 4.98 Å². The summed E-state index contributed by atoms with van der Waals surface area (Å²) < 4.78 is 6.02. The van der Waals surface area contributed by atoms with Crippen molar-refractivity contribution in [1.29, 1.82) is 0 Å². The quantitative estimate of drug-likeness (QED) is 0.908. The van der Waals surface area contributed by atoms with Crippen molar-refractivity contribution in [3.63, 3.8) is 0 Å². The zero-order valence-corrected chi connectivity index (χ0v) is 12.8. The van der Waals surface area contributed by atoms with Crippen LogP contribution in [0.4, 0.5) is 11.8 Å². The molecule has 3 rings (SSSR count). The maximum Gasteiger partial charge on any atom is 0.222 e. The van der Waals surface area contributed by atoms with E-state index < -0.39 is 0 Å². The summed E-state index contributed by atoms with van der Waals surface area (Å²) in [7, 11) is 0. The molecule has 1 aromatic heterocycles. The van der Waals surface area contributed by atoms with Gasteiger partial charge in [0.05, 0.1) is 6.10 Å². The molecule has 1 aliphatic rings. The van der Waals surface area contributed by atoms with Gasteiger partial charge in [-0.15, -0.1) is 0 Å². The molecule has 3 N–H and O–H groups in total. The van der Waals surface area contributed by atoms with E-state index in [4.69, 9.17) is 10.5 Å². The van der Waals surface area contributed by atoms with Crippen molar-refractivity contribution in [2.75, 3.05) is 24.2 Å². The number of aromatic nitrogens is 2. The molecular formula is C17H22N4O. The molecule has 1 aromatic carbocycles. The summed E-state index contributed by atoms with van der Waals surface area (Å²) >= 11 is 0. The van der Waals surface area contributed by atoms with Crippen LogP contribution in [0.5, 0.6) is 0 Å². The lowest BCUT2D eigenvalue weighted by atomic mass is 9.89. The smallest absolute Gasteiger partial charge is 0.222 e. The summed E-state index contributed by atoms with van der Waals surface area (Å²) in [6.45, 7) is 3.56. The number of nitrogens with zero attached hydrogens (tertiary/aromatic N) is 2. The SMILES string of the molecule is Cc1cc(NC[C@H]2CCCO[C@@H]2c2ccccc2)nc(N)n1. The molecule has 116 valence electrons. The molecule has 1 aliphatic heterocycles. The van der Waals surface area contributed by atoms with Gasteiger partial charge >= 0.3 is 0 Å². The van der Waals surface area contributed by atoms with Crippen LogP contribution in [0.2, 0.25) is 0 Å². The molecule has 0 bridgehead atoms. The predicted octanol–water partition coefficient (Wildman–Crippen LogP) is 2.95. The van der Waals surface area contributed by atoms with E-state index in [0.717, 1.165) is 37.5 Å². The number of benzene rings is 1. The third-order valence-electron chi connectivity index (χ3n) is 3.99. The number of hydrogen-bond donors (Lipinski definition) is 2. The maximum absolute atomic E-state index is 6.02. The van der Waals surface area contributed by atoms with Crippen molar-refractivity contribution in [2.45, 2.75) is 25.9 Å². The van der Waals surface area contributed by atoms with Gasteiger partial charge < -0.3 is 15.8 Å². The van der Waals surface area contributed by atoms with E-state index in [-0.39, 0.29) is 6.10 Å². The highest BCUT2D eigenvalue weighted by Gasteiger charge is 2.27. The van der Waals surface area contributed by atoms with E-state index in [1.54, 1.807) is 0 Å². The van der Waals surface area contributed by atoms with E-state index in [1.807, 2.05) is 19.1 Å². The van der Waals surface area contributed by atoms with Crippen LogP contribution in [0.1, 0.15) is 30.2 Å². The summed E-state index contributed by atoms with van der Waals surface area (Å²) in [5.74, 6) is 1.51. The average molecular weight is 298 g/mol. The Morgan fingerprint density at radius 1 is 1.27 bits per heavy atom.